The number of aryl methyl sites for hydroxylation is 1. The van der Waals surface area contributed by atoms with Crippen LogP contribution < -0.4 is 4.74 Å². The highest BCUT2D eigenvalue weighted by Gasteiger charge is 2.04. The maximum Gasteiger partial charge on any atom is 0.305 e. The number of methoxy groups -OCH3 is 1. The lowest BCUT2D eigenvalue weighted by Crippen LogP contribution is -2.01. The van der Waals surface area contributed by atoms with Crippen molar-refractivity contribution in [3.05, 3.63) is 65.0 Å². The molecule has 3 aromatic rings. The molecule has 0 bridgehead atoms. The monoisotopic (exact) mass is 326 g/mol. The van der Waals surface area contributed by atoms with Crippen LogP contribution in [0.1, 0.15) is 16.9 Å². The first-order chi connectivity index (χ1) is 11.2. The summed E-state index contributed by atoms with van der Waals surface area (Å²) < 4.78 is 11.8. The van der Waals surface area contributed by atoms with Gasteiger partial charge in [-0.15, -0.1) is 11.3 Å². The molecule has 4 heteroatoms. The molecule has 2 aromatic carbocycles. The number of hydrogen-bond donors (Lipinski definition) is 0. The lowest BCUT2D eigenvalue weighted by Gasteiger charge is -2.06. The van der Waals surface area contributed by atoms with Crippen LogP contribution >= 0.6 is 11.3 Å². The zero-order chi connectivity index (χ0) is 16.1. The Balaban J connectivity index is 1.56. The van der Waals surface area contributed by atoms with Gasteiger partial charge in [0.1, 0.15) is 12.4 Å². The highest BCUT2D eigenvalue weighted by molar-refractivity contribution is 7.19. The van der Waals surface area contributed by atoms with E-state index in [1.54, 1.807) is 11.3 Å². The van der Waals surface area contributed by atoms with Crippen LogP contribution in [0, 0.1) is 0 Å². The maximum atomic E-state index is 11.1. The molecular formula is C19H18O3S. The van der Waals surface area contributed by atoms with Crippen LogP contribution in [0.2, 0.25) is 0 Å². The first-order valence-electron chi connectivity index (χ1n) is 7.50. The molecule has 0 saturated carbocycles. The van der Waals surface area contributed by atoms with E-state index in [4.69, 9.17) is 4.74 Å². The molecule has 23 heavy (non-hydrogen) atoms. The summed E-state index contributed by atoms with van der Waals surface area (Å²) in [6, 6.07) is 18.4. The van der Waals surface area contributed by atoms with Crippen molar-refractivity contribution in [1.29, 1.82) is 0 Å². The van der Waals surface area contributed by atoms with Crippen LogP contribution in [0.15, 0.2) is 54.6 Å². The van der Waals surface area contributed by atoms with E-state index >= 15 is 0 Å². The van der Waals surface area contributed by atoms with Gasteiger partial charge in [0.15, 0.2) is 0 Å². The minimum absolute atomic E-state index is 0.185. The zero-order valence-electron chi connectivity index (χ0n) is 13.0. The molecule has 0 aliphatic heterocycles. The summed E-state index contributed by atoms with van der Waals surface area (Å²) in [6.07, 6.45) is 1.09. The van der Waals surface area contributed by atoms with Gasteiger partial charge in [0, 0.05) is 16.0 Å². The van der Waals surface area contributed by atoms with Crippen molar-refractivity contribution < 1.29 is 14.3 Å². The van der Waals surface area contributed by atoms with Gasteiger partial charge in [-0.05, 0) is 41.6 Å². The molecule has 0 radical (unpaired) electrons. The van der Waals surface area contributed by atoms with Gasteiger partial charge in [-0.2, -0.15) is 0 Å². The third kappa shape index (κ3) is 4.11. The third-order valence-electron chi connectivity index (χ3n) is 3.63. The van der Waals surface area contributed by atoms with Crippen molar-refractivity contribution in [3.63, 3.8) is 0 Å². The Kier molecular flexibility index (Phi) is 4.93. The van der Waals surface area contributed by atoms with Crippen molar-refractivity contribution in [1.82, 2.24) is 0 Å². The Morgan fingerprint density at radius 1 is 1.09 bits per heavy atom. The SMILES string of the molecule is COC(=O)CCc1ccc(OCc2cc3ccccc3s2)cc1. The van der Waals surface area contributed by atoms with E-state index in [1.165, 1.54) is 22.1 Å². The number of thiophene rings is 1. The number of rotatable bonds is 6. The minimum Gasteiger partial charge on any atom is -0.488 e. The maximum absolute atomic E-state index is 11.1. The molecule has 0 N–H and O–H groups in total. The second-order valence-corrected chi connectivity index (χ2v) is 6.43. The quantitative estimate of drug-likeness (QED) is 0.622. The summed E-state index contributed by atoms with van der Waals surface area (Å²) in [5, 5.41) is 1.26. The largest absolute Gasteiger partial charge is 0.488 e. The van der Waals surface area contributed by atoms with E-state index in [0.29, 0.717) is 19.4 Å². The van der Waals surface area contributed by atoms with Gasteiger partial charge in [-0.25, -0.2) is 0 Å². The van der Waals surface area contributed by atoms with Crippen LogP contribution in [0.5, 0.6) is 5.75 Å². The van der Waals surface area contributed by atoms with Crippen LogP contribution in [-0.4, -0.2) is 13.1 Å². The molecule has 0 unspecified atom stereocenters. The topological polar surface area (TPSA) is 35.5 Å². The predicted octanol–water partition coefficient (Wildman–Crippen LogP) is 4.59. The summed E-state index contributed by atoms with van der Waals surface area (Å²) in [6.45, 7) is 0.570. The van der Waals surface area contributed by atoms with Gasteiger partial charge in [-0.1, -0.05) is 30.3 Å². The summed E-state index contributed by atoms with van der Waals surface area (Å²) >= 11 is 1.76. The summed E-state index contributed by atoms with van der Waals surface area (Å²) in [5.41, 5.74) is 1.10. The molecule has 0 saturated heterocycles. The molecule has 0 spiro atoms. The van der Waals surface area contributed by atoms with Gasteiger partial charge >= 0.3 is 5.97 Å². The fraction of sp³-hybridized carbons (Fsp3) is 0.211. The first-order valence-corrected chi connectivity index (χ1v) is 8.32. The molecule has 0 aliphatic carbocycles. The average molecular weight is 326 g/mol. The van der Waals surface area contributed by atoms with Crippen molar-refractivity contribution in [3.8, 4) is 5.75 Å². The molecule has 3 rings (SSSR count). The second kappa shape index (κ2) is 7.29. The smallest absolute Gasteiger partial charge is 0.305 e. The number of carbonyl (C=O) groups is 1. The summed E-state index contributed by atoms with van der Waals surface area (Å²) in [4.78, 5) is 12.3. The predicted molar refractivity (Wildman–Crippen MR) is 92.9 cm³/mol. The lowest BCUT2D eigenvalue weighted by atomic mass is 10.1. The molecule has 0 amide bonds. The Bertz CT molecular complexity index is 757. The van der Waals surface area contributed by atoms with Crippen LogP contribution in [0.25, 0.3) is 10.1 Å². The number of esters is 1. The van der Waals surface area contributed by atoms with E-state index in [0.717, 1.165) is 11.3 Å². The normalized spacial score (nSPS) is 10.7. The molecule has 0 aliphatic rings. The Hall–Kier alpha value is -2.33. The molecule has 0 fully saturated rings. The number of hydrogen-bond acceptors (Lipinski definition) is 4. The standard InChI is InChI=1S/C19H18O3S/c1-21-19(20)11-8-14-6-9-16(10-7-14)22-13-17-12-15-4-2-3-5-18(15)23-17/h2-7,9-10,12H,8,11,13H2,1H3. The third-order valence-corrected chi connectivity index (χ3v) is 4.72. The highest BCUT2D eigenvalue weighted by Crippen LogP contribution is 2.26. The fourth-order valence-corrected chi connectivity index (χ4v) is 3.34. The average Bonchev–Trinajstić information content (AvgIpc) is 3.01. The number of fused-ring (bicyclic) bond motifs is 1. The molecule has 3 nitrogen and oxygen atoms in total. The minimum atomic E-state index is -0.185. The summed E-state index contributed by atoms with van der Waals surface area (Å²) in [5.74, 6) is 0.652. The lowest BCUT2D eigenvalue weighted by molar-refractivity contribution is -0.140. The highest BCUT2D eigenvalue weighted by atomic mass is 32.1. The van der Waals surface area contributed by atoms with Crippen molar-refractivity contribution in [2.24, 2.45) is 0 Å². The Morgan fingerprint density at radius 2 is 1.87 bits per heavy atom. The van der Waals surface area contributed by atoms with E-state index in [9.17, 15) is 4.79 Å². The second-order valence-electron chi connectivity index (χ2n) is 5.26. The molecule has 118 valence electrons. The van der Waals surface area contributed by atoms with Crippen molar-refractivity contribution in [2.45, 2.75) is 19.4 Å². The van der Waals surface area contributed by atoms with Crippen LogP contribution in [-0.2, 0) is 22.6 Å². The molecule has 1 heterocycles. The number of carbonyl (C=O) groups excluding carboxylic acids is 1. The van der Waals surface area contributed by atoms with E-state index < -0.39 is 0 Å². The summed E-state index contributed by atoms with van der Waals surface area (Å²) in [7, 11) is 1.41. The van der Waals surface area contributed by atoms with Gasteiger partial charge in [-0.3, -0.25) is 4.79 Å². The number of benzene rings is 2. The van der Waals surface area contributed by atoms with Gasteiger partial charge in [0.2, 0.25) is 0 Å². The molecular weight excluding hydrogens is 308 g/mol. The van der Waals surface area contributed by atoms with Gasteiger partial charge in [0.05, 0.1) is 7.11 Å². The van der Waals surface area contributed by atoms with Crippen molar-refractivity contribution >= 4 is 27.4 Å². The number of ether oxygens (including phenoxy) is 2. The Labute approximate surface area is 139 Å². The van der Waals surface area contributed by atoms with Gasteiger partial charge < -0.3 is 9.47 Å². The first kappa shape index (κ1) is 15.6. The van der Waals surface area contributed by atoms with Crippen LogP contribution in [0.3, 0.4) is 0 Å². The fourth-order valence-electron chi connectivity index (χ4n) is 2.36. The Morgan fingerprint density at radius 3 is 2.61 bits per heavy atom. The molecule has 1 aromatic heterocycles. The van der Waals surface area contributed by atoms with Gasteiger partial charge in [0.25, 0.3) is 0 Å². The molecule has 0 atom stereocenters. The van der Waals surface area contributed by atoms with Crippen LogP contribution in [0.4, 0.5) is 0 Å². The van der Waals surface area contributed by atoms with Crippen molar-refractivity contribution in [2.75, 3.05) is 7.11 Å². The van der Waals surface area contributed by atoms with E-state index in [2.05, 4.69) is 29.0 Å². The van der Waals surface area contributed by atoms with E-state index in [-0.39, 0.29) is 5.97 Å². The van der Waals surface area contributed by atoms with E-state index in [1.807, 2.05) is 30.3 Å². The zero-order valence-corrected chi connectivity index (χ0v) is 13.8.